The first-order valence-electron chi connectivity index (χ1n) is 7.17. The highest BCUT2D eigenvalue weighted by Gasteiger charge is 2.52. The molecule has 4 aliphatic rings. The van der Waals surface area contributed by atoms with Crippen LogP contribution in [0.3, 0.4) is 0 Å². The van der Waals surface area contributed by atoms with Crippen LogP contribution in [0.1, 0.15) is 38.1 Å². The van der Waals surface area contributed by atoms with E-state index in [4.69, 9.17) is 0 Å². The zero-order valence-electron chi connectivity index (χ0n) is 10.7. The molecule has 4 aliphatic carbocycles. The van der Waals surface area contributed by atoms with E-state index in [0.29, 0.717) is 11.8 Å². The number of carboxylic acid groups (broad SMARTS) is 1. The molecule has 4 fully saturated rings. The molecule has 1 unspecified atom stereocenters. The smallest absolute Gasteiger partial charge is 0.328 e. The summed E-state index contributed by atoms with van der Waals surface area (Å²) in [5, 5.41) is 20.7. The Morgan fingerprint density at radius 1 is 1.16 bits per heavy atom. The second-order valence-corrected chi connectivity index (χ2v) is 6.58. The molecule has 102 valence electrons. The van der Waals surface area contributed by atoms with Gasteiger partial charge in [-0.3, -0.25) is 0 Å². The number of carboxylic acids is 1. The van der Waals surface area contributed by atoms with Crippen LogP contribution in [-0.2, 0) is 4.79 Å². The highest BCUT2D eigenvalue weighted by Crippen LogP contribution is 2.59. The Kier molecular flexibility index (Phi) is 2.40. The third-order valence-corrected chi connectivity index (χ3v) is 5.57. The van der Waals surface area contributed by atoms with Gasteiger partial charge >= 0.3 is 5.97 Å². The predicted octanol–water partition coefficient (Wildman–Crippen LogP) is 1.37. The number of rotatable bonds is 3. The van der Waals surface area contributed by atoms with E-state index in [9.17, 15) is 9.90 Å². The van der Waals surface area contributed by atoms with Gasteiger partial charge in [-0.05, 0) is 72.1 Å². The molecule has 1 heterocycles. The summed E-state index contributed by atoms with van der Waals surface area (Å²) in [6.07, 6.45) is 7.67. The average Bonchev–Trinajstić information content (AvgIpc) is 2.85. The zero-order chi connectivity index (χ0) is 13.0. The van der Waals surface area contributed by atoms with E-state index in [2.05, 4.69) is 15.5 Å². The van der Waals surface area contributed by atoms with Gasteiger partial charge in [0, 0.05) is 0 Å². The monoisotopic (exact) mass is 262 g/mol. The molecule has 1 N–H and O–H groups in total. The number of aliphatic carboxylic acids is 1. The lowest BCUT2D eigenvalue weighted by Gasteiger charge is -2.55. The zero-order valence-corrected chi connectivity index (χ0v) is 10.7. The van der Waals surface area contributed by atoms with Crippen LogP contribution in [0.15, 0.2) is 6.33 Å². The maximum Gasteiger partial charge on any atom is 0.328 e. The molecule has 5 rings (SSSR count). The van der Waals surface area contributed by atoms with Gasteiger partial charge in [0.25, 0.3) is 0 Å². The molecule has 1 atom stereocenters. The molecule has 4 saturated carbocycles. The van der Waals surface area contributed by atoms with Gasteiger partial charge in [0.15, 0.2) is 6.04 Å². The van der Waals surface area contributed by atoms with E-state index >= 15 is 0 Å². The largest absolute Gasteiger partial charge is 0.480 e. The second kappa shape index (κ2) is 4.02. The molecule has 0 aromatic carbocycles. The second-order valence-electron chi connectivity index (χ2n) is 6.58. The van der Waals surface area contributed by atoms with Crippen molar-refractivity contribution in [2.24, 2.45) is 29.6 Å². The van der Waals surface area contributed by atoms with Gasteiger partial charge in [-0.15, -0.1) is 5.10 Å². The highest BCUT2D eigenvalue weighted by atomic mass is 16.4. The first-order valence-corrected chi connectivity index (χ1v) is 7.17. The molecular weight excluding hydrogens is 244 g/mol. The van der Waals surface area contributed by atoms with Crippen LogP contribution >= 0.6 is 0 Å². The fourth-order valence-electron chi connectivity index (χ4n) is 5.23. The van der Waals surface area contributed by atoms with Gasteiger partial charge in [0.05, 0.1) is 0 Å². The van der Waals surface area contributed by atoms with Crippen LogP contribution in [0.2, 0.25) is 0 Å². The number of hydrogen-bond acceptors (Lipinski definition) is 4. The van der Waals surface area contributed by atoms with Crippen LogP contribution in [0.4, 0.5) is 0 Å². The number of hydrogen-bond donors (Lipinski definition) is 1. The summed E-state index contributed by atoms with van der Waals surface area (Å²) in [4.78, 5) is 11.7. The van der Waals surface area contributed by atoms with Crippen molar-refractivity contribution in [3.05, 3.63) is 6.33 Å². The number of carbonyl (C=O) groups is 1. The molecule has 4 bridgehead atoms. The van der Waals surface area contributed by atoms with Crippen molar-refractivity contribution in [2.45, 2.75) is 38.1 Å². The Morgan fingerprint density at radius 2 is 1.79 bits per heavy atom. The van der Waals surface area contributed by atoms with Crippen molar-refractivity contribution >= 4 is 5.97 Å². The van der Waals surface area contributed by atoms with Crippen LogP contribution in [0.5, 0.6) is 0 Å². The van der Waals surface area contributed by atoms with E-state index < -0.39 is 12.0 Å². The van der Waals surface area contributed by atoms with Gasteiger partial charge in [0.1, 0.15) is 6.33 Å². The van der Waals surface area contributed by atoms with Gasteiger partial charge in [0.2, 0.25) is 0 Å². The molecule has 1 aromatic rings. The first-order chi connectivity index (χ1) is 9.22. The van der Waals surface area contributed by atoms with Crippen molar-refractivity contribution in [1.29, 1.82) is 0 Å². The molecule has 0 amide bonds. The topological polar surface area (TPSA) is 80.9 Å². The lowest BCUT2D eigenvalue weighted by atomic mass is 9.50. The predicted molar refractivity (Wildman–Crippen MR) is 65.0 cm³/mol. The van der Waals surface area contributed by atoms with E-state index in [1.807, 2.05) is 0 Å². The van der Waals surface area contributed by atoms with Crippen molar-refractivity contribution in [1.82, 2.24) is 20.2 Å². The number of nitrogens with zero attached hydrogens (tertiary/aromatic N) is 4. The minimum absolute atomic E-state index is 0.216. The van der Waals surface area contributed by atoms with Crippen molar-refractivity contribution < 1.29 is 9.90 Å². The van der Waals surface area contributed by atoms with Crippen LogP contribution in [-0.4, -0.2) is 31.3 Å². The van der Waals surface area contributed by atoms with Crippen molar-refractivity contribution in [3.8, 4) is 0 Å². The van der Waals surface area contributed by atoms with Crippen molar-refractivity contribution in [2.75, 3.05) is 0 Å². The Hall–Kier alpha value is -1.46. The van der Waals surface area contributed by atoms with Crippen LogP contribution in [0, 0.1) is 29.6 Å². The lowest BCUT2D eigenvalue weighted by molar-refractivity contribution is -0.150. The third kappa shape index (κ3) is 1.69. The lowest BCUT2D eigenvalue weighted by Crippen LogP contribution is -2.49. The average molecular weight is 262 g/mol. The normalized spacial score (nSPS) is 41.4. The van der Waals surface area contributed by atoms with Gasteiger partial charge in [-0.25, -0.2) is 9.48 Å². The SMILES string of the molecule is O=C(O)C(C1C2CC3CC(C2)CC1C3)n1cnnn1. The summed E-state index contributed by atoms with van der Waals surface area (Å²) in [6.45, 7) is 0. The molecule has 1 aromatic heterocycles. The minimum Gasteiger partial charge on any atom is -0.480 e. The fourth-order valence-corrected chi connectivity index (χ4v) is 5.23. The molecule has 6 heteroatoms. The van der Waals surface area contributed by atoms with Crippen molar-refractivity contribution in [3.63, 3.8) is 0 Å². The molecule has 19 heavy (non-hydrogen) atoms. The summed E-state index contributed by atoms with van der Waals surface area (Å²) < 4.78 is 1.45. The molecule has 6 nitrogen and oxygen atoms in total. The third-order valence-electron chi connectivity index (χ3n) is 5.57. The number of aromatic nitrogens is 4. The van der Waals surface area contributed by atoms with Gasteiger partial charge in [-0.2, -0.15) is 0 Å². The van der Waals surface area contributed by atoms with Crippen LogP contribution in [0.25, 0.3) is 0 Å². The summed E-state index contributed by atoms with van der Waals surface area (Å²) in [5.74, 6) is 2.24. The molecule has 0 aliphatic heterocycles. The van der Waals surface area contributed by atoms with Crippen LogP contribution < -0.4 is 0 Å². The first kappa shape index (κ1) is 11.4. The standard InChI is InChI=1S/C13H18N4O2/c18-13(19)12(17-6-14-15-16-17)11-9-2-7-1-8(4-9)5-10(11)3-7/h6-12H,1-5H2,(H,18,19). The van der Waals surface area contributed by atoms with E-state index in [1.165, 1.54) is 43.1 Å². The summed E-state index contributed by atoms with van der Waals surface area (Å²) in [7, 11) is 0. The van der Waals surface area contributed by atoms with E-state index in [0.717, 1.165) is 11.8 Å². The van der Waals surface area contributed by atoms with E-state index in [-0.39, 0.29) is 5.92 Å². The minimum atomic E-state index is -0.787. The quantitative estimate of drug-likeness (QED) is 0.889. The Morgan fingerprint density at radius 3 is 2.26 bits per heavy atom. The fraction of sp³-hybridized carbons (Fsp3) is 0.846. The summed E-state index contributed by atoms with van der Waals surface area (Å²) in [6, 6.07) is -0.579. The molecule has 0 radical (unpaired) electrons. The molecular formula is C13H18N4O2. The maximum atomic E-state index is 11.7. The highest BCUT2D eigenvalue weighted by molar-refractivity contribution is 5.72. The van der Waals surface area contributed by atoms with Gasteiger partial charge in [-0.1, -0.05) is 0 Å². The Labute approximate surface area is 111 Å². The van der Waals surface area contributed by atoms with Gasteiger partial charge < -0.3 is 5.11 Å². The Balaban J connectivity index is 1.68. The Bertz CT molecular complexity index is 459. The summed E-state index contributed by atoms with van der Waals surface area (Å²) >= 11 is 0. The van der Waals surface area contributed by atoms with E-state index in [1.54, 1.807) is 0 Å². The maximum absolute atomic E-state index is 11.7. The molecule has 0 saturated heterocycles. The number of tetrazole rings is 1. The molecule has 0 spiro atoms. The summed E-state index contributed by atoms with van der Waals surface area (Å²) in [5.41, 5.74) is 0.